The maximum absolute atomic E-state index is 4.81. The van der Waals surface area contributed by atoms with E-state index < -0.39 is 0 Å². The Balaban J connectivity index is 1.98. The minimum Gasteiger partial charge on any atom is -0.312 e. The molecule has 0 aliphatic carbocycles. The average Bonchev–Trinajstić information content (AvgIpc) is 2.55. The highest BCUT2D eigenvalue weighted by atomic mass is 32.2. The number of nitrogens with one attached hydrogen (secondary N) is 1. The van der Waals surface area contributed by atoms with Crippen molar-refractivity contribution in [2.75, 3.05) is 12.3 Å². The molecular weight excluding hydrogens is 278 g/mol. The molecule has 1 aliphatic rings. The van der Waals surface area contributed by atoms with Crippen molar-refractivity contribution in [3.8, 4) is 11.4 Å². The fraction of sp³-hybridized carbons (Fsp3) is 0.412. The monoisotopic (exact) mass is 299 g/mol. The van der Waals surface area contributed by atoms with Gasteiger partial charge in [0.1, 0.15) is 0 Å². The van der Waals surface area contributed by atoms with Crippen molar-refractivity contribution in [1.29, 1.82) is 0 Å². The third kappa shape index (κ3) is 3.11. The van der Waals surface area contributed by atoms with Crippen molar-refractivity contribution in [1.82, 2.24) is 15.3 Å². The Kier molecular flexibility index (Phi) is 4.56. The van der Waals surface area contributed by atoms with E-state index in [1.165, 1.54) is 21.8 Å². The van der Waals surface area contributed by atoms with Crippen molar-refractivity contribution in [2.45, 2.75) is 38.1 Å². The van der Waals surface area contributed by atoms with Crippen LogP contribution in [0.4, 0.5) is 0 Å². The molecule has 0 amide bonds. The first kappa shape index (κ1) is 14.5. The molecule has 3 rings (SSSR count). The highest BCUT2D eigenvalue weighted by Crippen LogP contribution is 2.24. The van der Waals surface area contributed by atoms with Crippen molar-refractivity contribution < 1.29 is 0 Å². The normalized spacial score (nSPS) is 14.0. The minimum absolute atomic E-state index is 0.876. The van der Waals surface area contributed by atoms with Crippen LogP contribution in [-0.4, -0.2) is 22.3 Å². The Bertz CT molecular complexity index is 605. The number of fused-ring (bicyclic) bond motifs is 1. The third-order valence-corrected chi connectivity index (χ3v) is 4.67. The Morgan fingerprint density at radius 1 is 1.14 bits per heavy atom. The van der Waals surface area contributed by atoms with Crippen LogP contribution in [0.1, 0.15) is 30.8 Å². The van der Waals surface area contributed by atoms with E-state index in [1.807, 2.05) is 11.8 Å². The van der Waals surface area contributed by atoms with Gasteiger partial charge in [-0.2, -0.15) is 0 Å². The maximum Gasteiger partial charge on any atom is 0.159 e. The summed E-state index contributed by atoms with van der Waals surface area (Å²) in [5.74, 6) is 1.97. The van der Waals surface area contributed by atoms with Crippen molar-refractivity contribution in [3.63, 3.8) is 0 Å². The largest absolute Gasteiger partial charge is 0.312 e. The van der Waals surface area contributed by atoms with Crippen LogP contribution < -0.4 is 5.32 Å². The predicted molar refractivity (Wildman–Crippen MR) is 88.7 cm³/mol. The first-order chi connectivity index (χ1) is 10.3. The molecule has 0 unspecified atom stereocenters. The van der Waals surface area contributed by atoms with Gasteiger partial charge in [0.25, 0.3) is 0 Å². The number of hydrogen-bond acceptors (Lipinski definition) is 4. The number of hydrogen-bond donors (Lipinski definition) is 1. The molecule has 0 saturated carbocycles. The molecule has 0 radical (unpaired) electrons. The van der Waals surface area contributed by atoms with Crippen molar-refractivity contribution in [2.24, 2.45) is 0 Å². The van der Waals surface area contributed by atoms with Gasteiger partial charge in [-0.1, -0.05) is 26.0 Å². The van der Waals surface area contributed by atoms with Gasteiger partial charge < -0.3 is 5.32 Å². The SMILES string of the molecule is CCSc1ccc(-c2nc(CC)c3c(n2)CCNC3)cc1. The summed E-state index contributed by atoms with van der Waals surface area (Å²) in [5.41, 5.74) is 4.84. The third-order valence-electron chi connectivity index (χ3n) is 3.78. The van der Waals surface area contributed by atoms with Crippen LogP contribution >= 0.6 is 11.8 Å². The van der Waals surface area contributed by atoms with Crippen LogP contribution in [0.15, 0.2) is 29.2 Å². The van der Waals surface area contributed by atoms with Gasteiger partial charge in [0, 0.05) is 41.2 Å². The van der Waals surface area contributed by atoms with Crippen molar-refractivity contribution >= 4 is 11.8 Å². The smallest absolute Gasteiger partial charge is 0.159 e. The lowest BCUT2D eigenvalue weighted by atomic mass is 10.0. The van der Waals surface area contributed by atoms with Gasteiger partial charge in [-0.15, -0.1) is 11.8 Å². The molecule has 4 heteroatoms. The van der Waals surface area contributed by atoms with E-state index in [1.54, 1.807) is 0 Å². The predicted octanol–water partition coefficient (Wildman–Crippen LogP) is 3.46. The number of aryl methyl sites for hydroxylation is 1. The lowest BCUT2D eigenvalue weighted by Gasteiger charge is -2.19. The Hall–Kier alpha value is -1.39. The number of rotatable bonds is 4. The zero-order chi connectivity index (χ0) is 14.7. The molecule has 1 aromatic heterocycles. The number of thioether (sulfide) groups is 1. The zero-order valence-electron chi connectivity index (χ0n) is 12.6. The van der Waals surface area contributed by atoms with E-state index in [2.05, 4.69) is 43.4 Å². The second-order valence-electron chi connectivity index (χ2n) is 5.16. The molecule has 0 spiro atoms. The van der Waals surface area contributed by atoms with Gasteiger partial charge in [-0.05, 0) is 24.3 Å². The summed E-state index contributed by atoms with van der Waals surface area (Å²) >= 11 is 1.86. The highest BCUT2D eigenvalue weighted by Gasteiger charge is 2.17. The zero-order valence-corrected chi connectivity index (χ0v) is 13.5. The van der Waals surface area contributed by atoms with Crippen LogP contribution in [0.3, 0.4) is 0 Å². The second-order valence-corrected chi connectivity index (χ2v) is 6.49. The summed E-state index contributed by atoms with van der Waals surface area (Å²) in [6.07, 6.45) is 1.96. The summed E-state index contributed by atoms with van der Waals surface area (Å²) in [5, 5.41) is 3.41. The first-order valence-electron chi connectivity index (χ1n) is 7.64. The van der Waals surface area contributed by atoms with Crippen molar-refractivity contribution in [3.05, 3.63) is 41.2 Å². The lowest BCUT2D eigenvalue weighted by Crippen LogP contribution is -2.26. The molecule has 110 valence electrons. The fourth-order valence-corrected chi connectivity index (χ4v) is 3.36. The van der Waals surface area contributed by atoms with E-state index in [0.717, 1.165) is 43.1 Å². The molecule has 2 aromatic rings. The Morgan fingerprint density at radius 2 is 1.95 bits per heavy atom. The number of nitrogens with zero attached hydrogens (tertiary/aromatic N) is 2. The van der Waals surface area contributed by atoms with Gasteiger partial charge >= 0.3 is 0 Å². The van der Waals surface area contributed by atoms with Gasteiger partial charge in [0.2, 0.25) is 0 Å². The van der Waals surface area contributed by atoms with Crippen LogP contribution in [-0.2, 0) is 19.4 Å². The van der Waals surface area contributed by atoms with Gasteiger partial charge in [0.05, 0.1) is 5.69 Å². The lowest BCUT2D eigenvalue weighted by molar-refractivity contribution is 0.618. The Morgan fingerprint density at radius 3 is 2.67 bits per heavy atom. The molecule has 3 nitrogen and oxygen atoms in total. The molecule has 1 aromatic carbocycles. The van der Waals surface area contributed by atoms with E-state index in [4.69, 9.17) is 9.97 Å². The first-order valence-corrected chi connectivity index (χ1v) is 8.63. The van der Waals surface area contributed by atoms with Gasteiger partial charge in [-0.3, -0.25) is 0 Å². The van der Waals surface area contributed by atoms with Crippen LogP contribution in [0.5, 0.6) is 0 Å². The van der Waals surface area contributed by atoms with Crippen LogP contribution in [0, 0.1) is 0 Å². The molecule has 0 fully saturated rings. The second kappa shape index (κ2) is 6.58. The summed E-state index contributed by atoms with van der Waals surface area (Å²) in [6, 6.07) is 8.61. The number of aromatic nitrogens is 2. The van der Waals surface area contributed by atoms with E-state index in [0.29, 0.717) is 0 Å². The maximum atomic E-state index is 4.81. The van der Waals surface area contributed by atoms with Gasteiger partial charge in [0.15, 0.2) is 5.82 Å². The summed E-state index contributed by atoms with van der Waals surface area (Å²) < 4.78 is 0. The summed E-state index contributed by atoms with van der Waals surface area (Å²) in [7, 11) is 0. The fourth-order valence-electron chi connectivity index (χ4n) is 2.70. The molecule has 1 aliphatic heterocycles. The molecule has 21 heavy (non-hydrogen) atoms. The molecule has 0 saturated heterocycles. The standard InChI is InChI=1S/C17H21N3S/c1-3-15-14-11-18-10-9-16(14)20-17(19-15)12-5-7-13(8-6-12)21-4-2/h5-8,18H,3-4,9-11H2,1-2H3. The van der Waals surface area contributed by atoms with Gasteiger partial charge in [-0.25, -0.2) is 9.97 Å². The quantitative estimate of drug-likeness (QED) is 0.877. The van der Waals surface area contributed by atoms with E-state index in [9.17, 15) is 0 Å². The summed E-state index contributed by atoms with van der Waals surface area (Å²) in [4.78, 5) is 10.9. The van der Waals surface area contributed by atoms with Crippen LogP contribution in [0.25, 0.3) is 11.4 Å². The van der Waals surface area contributed by atoms with Crippen LogP contribution in [0.2, 0.25) is 0 Å². The number of benzene rings is 1. The highest BCUT2D eigenvalue weighted by molar-refractivity contribution is 7.99. The topological polar surface area (TPSA) is 37.8 Å². The summed E-state index contributed by atoms with van der Waals surface area (Å²) in [6.45, 7) is 6.26. The molecule has 0 atom stereocenters. The van der Waals surface area contributed by atoms with E-state index in [-0.39, 0.29) is 0 Å². The van der Waals surface area contributed by atoms with E-state index >= 15 is 0 Å². The minimum atomic E-state index is 0.876. The molecule has 2 heterocycles. The molecule has 1 N–H and O–H groups in total. The molecule has 0 bridgehead atoms. The molecular formula is C17H21N3S. The Labute approximate surface area is 130 Å². The average molecular weight is 299 g/mol.